The first kappa shape index (κ1) is 18.1. The Morgan fingerprint density at radius 1 is 1.35 bits per heavy atom. The molecule has 2 amide bonds. The molecular weight excluding hydrogens is 334 g/mol. The van der Waals surface area contributed by atoms with Crippen LogP contribution in [0.15, 0.2) is 30.6 Å². The summed E-state index contributed by atoms with van der Waals surface area (Å²) in [7, 11) is 0. The first-order chi connectivity index (χ1) is 12.6. The van der Waals surface area contributed by atoms with Crippen molar-refractivity contribution in [2.45, 2.75) is 33.0 Å². The average molecular weight is 357 g/mol. The van der Waals surface area contributed by atoms with Gasteiger partial charge in [0, 0.05) is 32.1 Å². The van der Waals surface area contributed by atoms with Crippen LogP contribution in [0.2, 0.25) is 0 Å². The van der Waals surface area contributed by atoms with Gasteiger partial charge in [-0.05, 0) is 26.0 Å². The van der Waals surface area contributed by atoms with Gasteiger partial charge >= 0.3 is 0 Å². The molecule has 0 saturated carbocycles. The van der Waals surface area contributed by atoms with Crippen LogP contribution in [0.25, 0.3) is 0 Å². The molecule has 1 atom stereocenters. The molecule has 0 aliphatic carbocycles. The lowest BCUT2D eigenvalue weighted by Crippen LogP contribution is -2.42. The molecule has 3 heterocycles. The predicted octanol–water partition coefficient (Wildman–Crippen LogP) is 1.15. The molecule has 138 valence electrons. The number of amides is 2. The molecule has 26 heavy (non-hydrogen) atoms. The fraction of sp³-hybridized carbons (Fsp3) is 0.444. The quantitative estimate of drug-likeness (QED) is 0.838. The van der Waals surface area contributed by atoms with E-state index in [4.69, 9.17) is 4.74 Å². The number of imidazole rings is 1. The second kappa shape index (κ2) is 8.09. The molecule has 8 nitrogen and oxygen atoms in total. The first-order valence-electron chi connectivity index (χ1n) is 8.72. The first-order valence-corrected chi connectivity index (χ1v) is 8.72. The van der Waals surface area contributed by atoms with E-state index in [0.29, 0.717) is 37.8 Å². The summed E-state index contributed by atoms with van der Waals surface area (Å²) in [4.78, 5) is 35.0. The van der Waals surface area contributed by atoms with Gasteiger partial charge in [-0.1, -0.05) is 6.07 Å². The van der Waals surface area contributed by atoms with Gasteiger partial charge in [0.2, 0.25) is 5.91 Å². The summed E-state index contributed by atoms with van der Waals surface area (Å²) in [5, 5.41) is 2.82. The van der Waals surface area contributed by atoms with E-state index in [1.54, 1.807) is 17.3 Å². The highest BCUT2D eigenvalue weighted by Crippen LogP contribution is 2.24. The summed E-state index contributed by atoms with van der Waals surface area (Å²) >= 11 is 0. The molecule has 1 aliphatic rings. The third-order valence-electron chi connectivity index (χ3n) is 4.37. The van der Waals surface area contributed by atoms with Crippen LogP contribution in [0.5, 0.6) is 0 Å². The van der Waals surface area contributed by atoms with Crippen molar-refractivity contribution in [3.05, 3.63) is 47.8 Å². The van der Waals surface area contributed by atoms with Crippen molar-refractivity contribution in [1.82, 2.24) is 24.8 Å². The minimum absolute atomic E-state index is 0.0604. The van der Waals surface area contributed by atoms with Crippen molar-refractivity contribution in [3.8, 4) is 0 Å². The number of nitrogens with one attached hydrogen (secondary N) is 1. The molecule has 1 aliphatic heterocycles. The smallest absolute Gasteiger partial charge is 0.271 e. The molecule has 0 spiro atoms. The Hall–Kier alpha value is -2.74. The second-order valence-corrected chi connectivity index (χ2v) is 6.08. The van der Waals surface area contributed by atoms with Gasteiger partial charge < -0.3 is 19.5 Å². The number of hydrogen-bond acceptors (Lipinski definition) is 5. The number of carbonyl (C=O) groups is 2. The van der Waals surface area contributed by atoms with Crippen LogP contribution in [-0.4, -0.2) is 51.0 Å². The summed E-state index contributed by atoms with van der Waals surface area (Å²) in [6.45, 7) is 5.87. The molecule has 0 radical (unpaired) electrons. The number of nitrogens with zero attached hydrogens (tertiary/aromatic N) is 4. The lowest BCUT2D eigenvalue weighted by Gasteiger charge is -2.33. The van der Waals surface area contributed by atoms with Crippen molar-refractivity contribution >= 4 is 11.8 Å². The van der Waals surface area contributed by atoms with Crippen molar-refractivity contribution in [2.75, 3.05) is 19.8 Å². The number of fused-ring (bicyclic) bond motifs is 1. The lowest BCUT2D eigenvalue weighted by atomic mass is 10.2. The van der Waals surface area contributed by atoms with Crippen LogP contribution in [0.1, 0.15) is 41.9 Å². The normalized spacial score (nSPS) is 16.2. The molecule has 0 fully saturated rings. The van der Waals surface area contributed by atoms with E-state index < -0.39 is 0 Å². The molecule has 1 N–H and O–H groups in total. The van der Waals surface area contributed by atoms with Crippen molar-refractivity contribution in [3.63, 3.8) is 0 Å². The summed E-state index contributed by atoms with van der Waals surface area (Å²) in [6.07, 6.45) is 3.43. The summed E-state index contributed by atoms with van der Waals surface area (Å²) in [5.41, 5.74) is 1.13. The van der Waals surface area contributed by atoms with Crippen LogP contribution in [-0.2, 0) is 22.6 Å². The maximum Gasteiger partial charge on any atom is 0.271 e. The topological polar surface area (TPSA) is 89.4 Å². The van der Waals surface area contributed by atoms with Gasteiger partial charge in [-0.2, -0.15) is 0 Å². The predicted molar refractivity (Wildman–Crippen MR) is 94.3 cm³/mol. The molecular formula is C18H23N5O3. The Labute approximate surface area is 152 Å². The minimum atomic E-state index is -0.253. The van der Waals surface area contributed by atoms with Gasteiger partial charge in [0.05, 0.1) is 18.3 Å². The van der Waals surface area contributed by atoms with Crippen molar-refractivity contribution in [1.29, 1.82) is 0 Å². The molecule has 0 aromatic carbocycles. The molecule has 8 heteroatoms. The lowest BCUT2D eigenvalue weighted by molar-refractivity contribution is -0.139. The summed E-state index contributed by atoms with van der Waals surface area (Å²) in [6, 6.07) is 5.35. The summed E-state index contributed by atoms with van der Waals surface area (Å²) < 4.78 is 7.15. The Kier molecular flexibility index (Phi) is 5.62. The maximum absolute atomic E-state index is 12.4. The number of aromatic nitrogens is 3. The van der Waals surface area contributed by atoms with Gasteiger partial charge in [-0.25, -0.2) is 4.98 Å². The van der Waals surface area contributed by atoms with Gasteiger partial charge in [-0.15, -0.1) is 0 Å². The van der Waals surface area contributed by atoms with Crippen LogP contribution in [0.4, 0.5) is 0 Å². The van der Waals surface area contributed by atoms with E-state index in [1.165, 1.54) is 0 Å². The van der Waals surface area contributed by atoms with Crippen molar-refractivity contribution in [2.24, 2.45) is 0 Å². The Morgan fingerprint density at radius 3 is 2.92 bits per heavy atom. The highest BCUT2D eigenvalue weighted by atomic mass is 16.5. The Morgan fingerprint density at radius 2 is 2.19 bits per heavy atom. The van der Waals surface area contributed by atoms with E-state index in [2.05, 4.69) is 15.3 Å². The van der Waals surface area contributed by atoms with E-state index in [1.807, 2.05) is 36.6 Å². The molecule has 2 aromatic heterocycles. The number of carbonyl (C=O) groups excluding carboxylic acids is 2. The number of pyridine rings is 1. The third kappa shape index (κ3) is 3.91. The summed E-state index contributed by atoms with van der Waals surface area (Å²) in [5.74, 6) is 0.399. The highest BCUT2D eigenvalue weighted by molar-refractivity contribution is 5.92. The second-order valence-electron chi connectivity index (χ2n) is 6.08. The standard InChI is InChI=1S/C18H23N5O3/c1-3-26-12-16(24)23-9-8-22-11-15(21-17(22)13(23)2)18(25)20-10-14-6-4-5-7-19-14/h4-7,11,13H,3,8-10,12H2,1-2H3,(H,20,25)/t13-/m0/s1. The fourth-order valence-electron chi connectivity index (χ4n) is 2.98. The molecule has 3 rings (SSSR count). The van der Waals surface area contributed by atoms with Crippen LogP contribution in [0.3, 0.4) is 0 Å². The van der Waals surface area contributed by atoms with E-state index >= 15 is 0 Å². The van der Waals surface area contributed by atoms with E-state index in [0.717, 1.165) is 5.69 Å². The number of rotatable bonds is 6. The molecule has 0 unspecified atom stereocenters. The van der Waals surface area contributed by atoms with E-state index in [9.17, 15) is 9.59 Å². The zero-order valence-corrected chi connectivity index (χ0v) is 15.0. The zero-order chi connectivity index (χ0) is 18.5. The van der Waals surface area contributed by atoms with Crippen LogP contribution < -0.4 is 5.32 Å². The number of hydrogen-bond donors (Lipinski definition) is 1. The third-order valence-corrected chi connectivity index (χ3v) is 4.37. The average Bonchev–Trinajstić information content (AvgIpc) is 3.10. The van der Waals surface area contributed by atoms with E-state index in [-0.39, 0.29) is 24.5 Å². The van der Waals surface area contributed by atoms with Crippen LogP contribution in [0, 0.1) is 0 Å². The molecule has 2 aromatic rings. The zero-order valence-electron chi connectivity index (χ0n) is 15.0. The highest BCUT2D eigenvalue weighted by Gasteiger charge is 2.30. The van der Waals surface area contributed by atoms with Gasteiger partial charge in [0.1, 0.15) is 18.1 Å². The SMILES string of the molecule is CCOCC(=O)N1CCn2cc(C(=O)NCc3ccccn3)nc2[C@@H]1C. The fourth-order valence-corrected chi connectivity index (χ4v) is 2.98. The molecule has 0 saturated heterocycles. The number of ether oxygens (including phenoxy) is 1. The Balaban J connectivity index is 1.66. The van der Waals surface area contributed by atoms with Crippen molar-refractivity contribution < 1.29 is 14.3 Å². The van der Waals surface area contributed by atoms with Gasteiger partial charge in [0.15, 0.2) is 0 Å². The largest absolute Gasteiger partial charge is 0.372 e. The monoisotopic (exact) mass is 357 g/mol. The van der Waals surface area contributed by atoms with Gasteiger partial charge in [0.25, 0.3) is 5.91 Å². The Bertz CT molecular complexity index is 774. The van der Waals surface area contributed by atoms with Gasteiger partial charge in [-0.3, -0.25) is 14.6 Å². The van der Waals surface area contributed by atoms with Crippen LogP contribution >= 0.6 is 0 Å². The maximum atomic E-state index is 12.4. The molecule has 0 bridgehead atoms. The minimum Gasteiger partial charge on any atom is -0.372 e.